The molecule has 8 heteroatoms. The van der Waals surface area contributed by atoms with Crippen LogP contribution in [0, 0.1) is 0 Å². The molecule has 2 aromatic rings. The molecule has 1 saturated heterocycles. The molecular weight excluding hydrogens is 296 g/mol. The summed E-state index contributed by atoms with van der Waals surface area (Å²) in [5.41, 5.74) is 1.46. The van der Waals surface area contributed by atoms with Gasteiger partial charge in [-0.1, -0.05) is 5.21 Å². The SMILES string of the molecule is CCOCc1cn(C2CCN(C(=O)c3cnn(CC)c3)C2)nn1. The Labute approximate surface area is 135 Å². The topological polar surface area (TPSA) is 78.1 Å². The van der Waals surface area contributed by atoms with Crippen molar-refractivity contribution < 1.29 is 9.53 Å². The predicted molar refractivity (Wildman–Crippen MR) is 82.8 cm³/mol. The van der Waals surface area contributed by atoms with Crippen LogP contribution >= 0.6 is 0 Å². The second kappa shape index (κ2) is 6.91. The van der Waals surface area contributed by atoms with Crippen molar-refractivity contribution in [1.29, 1.82) is 0 Å². The van der Waals surface area contributed by atoms with E-state index in [0.29, 0.717) is 25.3 Å². The molecule has 1 unspecified atom stereocenters. The van der Waals surface area contributed by atoms with Gasteiger partial charge in [0.1, 0.15) is 5.69 Å². The number of amides is 1. The molecule has 1 aliphatic heterocycles. The van der Waals surface area contributed by atoms with Crippen molar-refractivity contribution in [3.05, 3.63) is 29.8 Å². The minimum Gasteiger partial charge on any atom is -0.375 e. The Hall–Kier alpha value is -2.22. The molecule has 3 rings (SSSR count). The lowest BCUT2D eigenvalue weighted by molar-refractivity contribution is 0.0787. The van der Waals surface area contributed by atoms with E-state index in [1.165, 1.54) is 0 Å². The Morgan fingerprint density at radius 3 is 3.00 bits per heavy atom. The normalized spacial score (nSPS) is 17.8. The standard InChI is InChI=1S/C15H22N6O2/c1-3-20-8-12(7-16-20)15(22)19-6-5-14(10-19)21-9-13(17-18-21)11-23-4-2/h7-9,14H,3-6,10-11H2,1-2H3. The third-order valence-electron chi connectivity index (χ3n) is 4.04. The van der Waals surface area contributed by atoms with E-state index in [2.05, 4.69) is 15.4 Å². The number of aromatic nitrogens is 5. The maximum atomic E-state index is 12.5. The second-order valence-electron chi connectivity index (χ2n) is 5.61. The molecule has 0 spiro atoms. The molecule has 0 saturated carbocycles. The number of hydrogen-bond donors (Lipinski definition) is 0. The maximum Gasteiger partial charge on any atom is 0.257 e. The Bertz CT molecular complexity index is 664. The van der Waals surface area contributed by atoms with E-state index in [1.54, 1.807) is 17.1 Å². The molecule has 0 aliphatic carbocycles. The number of aryl methyl sites for hydroxylation is 1. The third-order valence-corrected chi connectivity index (χ3v) is 4.04. The molecule has 124 valence electrons. The van der Waals surface area contributed by atoms with Gasteiger partial charge in [0.05, 0.1) is 30.6 Å². The average molecular weight is 318 g/mol. The molecule has 0 bridgehead atoms. The molecule has 1 fully saturated rings. The van der Waals surface area contributed by atoms with Crippen LogP contribution in [0.4, 0.5) is 0 Å². The van der Waals surface area contributed by atoms with Gasteiger partial charge in [-0.3, -0.25) is 9.48 Å². The first-order valence-corrected chi connectivity index (χ1v) is 8.01. The molecule has 2 aromatic heterocycles. The van der Waals surface area contributed by atoms with Crippen molar-refractivity contribution in [2.75, 3.05) is 19.7 Å². The van der Waals surface area contributed by atoms with E-state index in [-0.39, 0.29) is 11.9 Å². The summed E-state index contributed by atoms with van der Waals surface area (Å²) in [7, 11) is 0. The first kappa shape index (κ1) is 15.7. The first-order chi connectivity index (χ1) is 11.2. The van der Waals surface area contributed by atoms with Crippen LogP contribution in [0.2, 0.25) is 0 Å². The van der Waals surface area contributed by atoms with Gasteiger partial charge in [0.25, 0.3) is 5.91 Å². The third kappa shape index (κ3) is 3.42. The maximum absolute atomic E-state index is 12.5. The van der Waals surface area contributed by atoms with Crippen molar-refractivity contribution >= 4 is 5.91 Å². The minimum absolute atomic E-state index is 0.0295. The molecule has 23 heavy (non-hydrogen) atoms. The van der Waals surface area contributed by atoms with Gasteiger partial charge in [-0.25, -0.2) is 4.68 Å². The van der Waals surface area contributed by atoms with Crippen molar-refractivity contribution in [2.24, 2.45) is 0 Å². The number of ether oxygens (including phenoxy) is 1. The van der Waals surface area contributed by atoms with Gasteiger partial charge >= 0.3 is 0 Å². The molecule has 0 aromatic carbocycles. The van der Waals surface area contributed by atoms with Gasteiger partial charge in [0.2, 0.25) is 0 Å². The number of hydrogen-bond acceptors (Lipinski definition) is 5. The fraction of sp³-hybridized carbons (Fsp3) is 0.600. The van der Waals surface area contributed by atoms with E-state index in [0.717, 1.165) is 25.2 Å². The molecular formula is C15H22N6O2. The number of likely N-dealkylation sites (tertiary alicyclic amines) is 1. The zero-order chi connectivity index (χ0) is 16.2. The van der Waals surface area contributed by atoms with Crippen LogP contribution in [0.5, 0.6) is 0 Å². The fourth-order valence-electron chi connectivity index (χ4n) is 2.74. The van der Waals surface area contributed by atoms with Crippen molar-refractivity contribution in [2.45, 2.75) is 39.5 Å². The molecule has 1 amide bonds. The Balaban J connectivity index is 1.61. The van der Waals surface area contributed by atoms with Crippen LogP contribution in [0.15, 0.2) is 18.6 Å². The van der Waals surface area contributed by atoms with Crippen LogP contribution in [0.25, 0.3) is 0 Å². The summed E-state index contributed by atoms with van der Waals surface area (Å²) in [4.78, 5) is 14.4. The quantitative estimate of drug-likeness (QED) is 0.797. The van der Waals surface area contributed by atoms with Gasteiger partial charge < -0.3 is 9.64 Å². The van der Waals surface area contributed by atoms with Gasteiger partial charge in [-0.05, 0) is 20.3 Å². The van der Waals surface area contributed by atoms with Gasteiger partial charge in [0.15, 0.2) is 0 Å². The van der Waals surface area contributed by atoms with Gasteiger partial charge in [-0.15, -0.1) is 5.10 Å². The van der Waals surface area contributed by atoms with Crippen LogP contribution < -0.4 is 0 Å². The lowest BCUT2D eigenvalue weighted by Crippen LogP contribution is -2.29. The monoisotopic (exact) mass is 318 g/mol. The minimum atomic E-state index is 0.0295. The lowest BCUT2D eigenvalue weighted by atomic mass is 10.3. The summed E-state index contributed by atoms with van der Waals surface area (Å²) in [5.74, 6) is 0.0295. The Morgan fingerprint density at radius 1 is 1.39 bits per heavy atom. The number of carbonyl (C=O) groups excluding carboxylic acids is 1. The second-order valence-corrected chi connectivity index (χ2v) is 5.61. The summed E-state index contributed by atoms with van der Waals surface area (Å²) >= 11 is 0. The molecule has 1 aliphatic rings. The molecule has 3 heterocycles. The van der Waals surface area contributed by atoms with Crippen LogP contribution in [0.3, 0.4) is 0 Å². The van der Waals surface area contributed by atoms with Crippen molar-refractivity contribution in [3.63, 3.8) is 0 Å². The van der Waals surface area contributed by atoms with Gasteiger partial charge in [-0.2, -0.15) is 5.10 Å². The summed E-state index contributed by atoms with van der Waals surface area (Å²) in [6.07, 6.45) is 6.22. The number of nitrogens with zero attached hydrogens (tertiary/aromatic N) is 6. The van der Waals surface area contributed by atoms with Crippen molar-refractivity contribution in [3.8, 4) is 0 Å². The van der Waals surface area contributed by atoms with E-state index in [9.17, 15) is 4.79 Å². The Kier molecular flexibility index (Phi) is 4.71. The van der Waals surface area contributed by atoms with Crippen LogP contribution in [-0.2, 0) is 17.9 Å². The van der Waals surface area contributed by atoms with E-state index in [1.807, 2.05) is 29.6 Å². The highest BCUT2D eigenvalue weighted by Crippen LogP contribution is 2.22. The lowest BCUT2D eigenvalue weighted by Gasteiger charge is -2.15. The molecule has 0 N–H and O–H groups in total. The largest absolute Gasteiger partial charge is 0.375 e. The average Bonchev–Trinajstić information content (AvgIpc) is 3.31. The fourth-order valence-corrected chi connectivity index (χ4v) is 2.74. The van der Waals surface area contributed by atoms with Gasteiger partial charge in [0, 0.05) is 32.4 Å². The zero-order valence-corrected chi connectivity index (χ0v) is 13.6. The zero-order valence-electron chi connectivity index (χ0n) is 13.6. The summed E-state index contributed by atoms with van der Waals surface area (Å²) < 4.78 is 8.94. The number of carbonyl (C=O) groups is 1. The summed E-state index contributed by atoms with van der Waals surface area (Å²) in [6, 6.07) is 0.169. The highest BCUT2D eigenvalue weighted by Gasteiger charge is 2.29. The highest BCUT2D eigenvalue weighted by molar-refractivity contribution is 5.93. The van der Waals surface area contributed by atoms with Crippen LogP contribution in [-0.4, -0.2) is 55.3 Å². The first-order valence-electron chi connectivity index (χ1n) is 8.01. The predicted octanol–water partition coefficient (Wildman–Crippen LogP) is 1.12. The Morgan fingerprint density at radius 2 is 2.26 bits per heavy atom. The summed E-state index contributed by atoms with van der Waals surface area (Å²) in [6.45, 7) is 7.21. The summed E-state index contributed by atoms with van der Waals surface area (Å²) in [5, 5.41) is 12.4. The molecule has 8 nitrogen and oxygen atoms in total. The van der Waals surface area contributed by atoms with E-state index >= 15 is 0 Å². The van der Waals surface area contributed by atoms with Crippen LogP contribution in [0.1, 0.15) is 42.4 Å². The molecule has 1 atom stereocenters. The smallest absolute Gasteiger partial charge is 0.257 e. The van der Waals surface area contributed by atoms with Crippen molar-refractivity contribution in [1.82, 2.24) is 29.7 Å². The highest BCUT2D eigenvalue weighted by atomic mass is 16.5. The molecule has 0 radical (unpaired) electrons. The van der Waals surface area contributed by atoms with E-state index < -0.39 is 0 Å². The number of rotatable bonds is 6. The van der Waals surface area contributed by atoms with E-state index in [4.69, 9.17) is 4.74 Å².